The average molecular weight is 262 g/mol. The molecule has 0 aromatic heterocycles. The first-order valence-corrected chi connectivity index (χ1v) is 6.97. The number of nitrogens with one attached hydrogen (secondary N) is 1. The lowest BCUT2D eigenvalue weighted by Gasteiger charge is -2.13. The average Bonchev–Trinajstić information content (AvgIpc) is 2.25. The first-order chi connectivity index (χ1) is 8.07. The van der Waals surface area contributed by atoms with Gasteiger partial charge < -0.3 is 21.9 Å². The summed E-state index contributed by atoms with van der Waals surface area (Å²) < 4.78 is 0. The molecule has 0 rings (SSSR count). The lowest BCUT2D eigenvalue weighted by Crippen LogP contribution is -2.37. The van der Waals surface area contributed by atoms with Gasteiger partial charge in [-0.05, 0) is 25.5 Å². The maximum atomic E-state index is 10.9. The highest BCUT2D eigenvalue weighted by Crippen LogP contribution is 2.02. The summed E-state index contributed by atoms with van der Waals surface area (Å²) >= 11 is 1.69. The minimum absolute atomic E-state index is 0.0814. The van der Waals surface area contributed by atoms with Crippen LogP contribution >= 0.6 is 11.8 Å². The number of unbranched alkanes of at least 4 members (excludes halogenated alkanes) is 1. The molecule has 0 saturated carbocycles. The Morgan fingerprint density at radius 3 is 2.71 bits per heavy atom. The number of hydrogen-bond donors (Lipinski definition) is 4. The van der Waals surface area contributed by atoms with Crippen LogP contribution in [-0.4, -0.2) is 48.2 Å². The predicted molar refractivity (Wildman–Crippen MR) is 72.3 cm³/mol. The van der Waals surface area contributed by atoms with Gasteiger partial charge in [0.2, 0.25) is 0 Å². The van der Waals surface area contributed by atoms with Gasteiger partial charge in [0.05, 0.1) is 0 Å². The molecular formula is C10H22N4O2S. The molecule has 0 unspecified atom stereocenters. The molecule has 0 aliphatic heterocycles. The summed E-state index contributed by atoms with van der Waals surface area (Å²) in [5.74, 6) is 0.198. The van der Waals surface area contributed by atoms with Crippen molar-refractivity contribution in [3.63, 3.8) is 0 Å². The Hall–Kier alpha value is -0.950. The van der Waals surface area contributed by atoms with Gasteiger partial charge in [0, 0.05) is 18.8 Å². The second-order valence-corrected chi connectivity index (χ2v) is 4.63. The van der Waals surface area contributed by atoms with Crippen LogP contribution in [0.25, 0.3) is 0 Å². The molecular weight excluding hydrogens is 240 g/mol. The highest BCUT2D eigenvalue weighted by molar-refractivity contribution is 7.98. The lowest BCUT2D eigenvalue weighted by atomic mass is 10.1. The minimum Gasteiger partial charge on any atom is -0.480 e. The van der Waals surface area contributed by atoms with E-state index in [0.29, 0.717) is 19.5 Å². The molecule has 0 aromatic carbocycles. The highest BCUT2D eigenvalue weighted by Gasteiger charge is 2.15. The number of nitrogens with two attached hydrogens (primary N) is 2. The zero-order valence-electron chi connectivity index (χ0n) is 10.2. The summed E-state index contributed by atoms with van der Waals surface area (Å²) in [5.41, 5.74) is 10.4. The fraction of sp³-hybridized carbons (Fsp3) is 0.800. The maximum Gasteiger partial charge on any atom is 0.320 e. The van der Waals surface area contributed by atoms with Crippen LogP contribution in [0.4, 0.5) is 0 Å². The molecule has 17 heavy (non-hydrogen) atoms. The fourth-order valence-corrected chi connectivity index (χ4v) is 1.64. The number of hydrogen-bond acceptors (Lipinski definition) is 4. The van der Waals surface area contributed by atoms with Crippen molar-refractivity contribution < 1.29 is 9.90 Å². The summed E-state index contributed by atoms with van der Waals surface area (Å²) in [5, 5.41) is 12.0. The number of aliphatic carboxylic acids is 1. The van der Waals surface area contributed by atoms with Crippen molar-refractivity contribution in [1.29, 1.82) is 0 Å². The molecule has 0 fully saturated rings. The van der Waals surface area contributed by atoms with Gasteiger partial charge in [0.25, 0.3) is 0 Å². The first-order valence-electron chi connectivity index (χ1n) is 5.58. The number of aliphatic imine (C=N–C) groups is 1. The molecule has 0 bridgehead atoms. The van der Waals surface area contributed by atoms with Crippen molar-refractivity contribution in [2.24, 2.45) is 16.5 Å². The number of guanidine groups is 1. The Balaban J connectivity index is 3.70. The largest absolute Gasteiger partial charge is 0.480 e. The van der Waals surface area contributed by atoms with Crippen LogP contribution in [0.5, 0.6) is 0 Å². The van der Waals surface area contributed by atoms with Crippen molar-refractivity contribution in [3.8, 4) is 0 Å². The topological polar surface area (TPSA) is 114 Å². The van der Waals surface area contributed by atoms with E-state index < -0.39 is 12.0 Å². The van der Waals surface area contributed by atoms with Gasteiger partial charge in [-0.25, -0.2) is 0 Å². The van der Waals surface area contributed by atoms with Crippen LogP contribution in [0.1, 0.15) is 19.3 Å². The number of thioether (sulfide) groups is 1. The Bertz CT molecular complexity index is 244. The molecule has 7 heteroatoms. The highest BCUT2D eigenvalue weighted by atomic mass is 32.2. The quantitative estimate of drug-likeness (QED) is 0.247. The molecule has 6 N–H and O–H groups in total. The third-order valence-electron chi connectivity index (χ3n) is 2.19. The van der Waals surface area contributed by atoms with Crippen molar-refractivity contribution in [2.75, 3.05) is 25.1 Å². The van der Waals surface area contributed by atoms with Crippen LogP contribution in [-0.2, 0) is 4.79 Å². The van der Waals surface area contributed by atoms with E-state index in [4.69, 9.17) is 16.6 Å². The molecule has 0 amide bonds. The van der Waals surface area contributed by atoms with E-state index in [-0.39, 0.29) is 5.96 Å². The second kappa shape index (κ2) is 10.2. The van der Waals surface area contributed by atoms with Gasteiger partial charge >= 0.3 is 5.97 Å². The van der Waals surface area contributed by atoms with E-state index in [1.54, 1.807) is 11.8 Å². The van der Waals surface area contributed by atoms with Gasteiger partial charge in [-0.1, -0.05) is 0 Å². The van der Waals surface area contributed by atoms with Gasteiger partial charge in [-0.15, -0.1) is 0 Å². The Kier molecular flexibility index (Phi) is 9.65. The standard InChI is InChI=1S/C10H22N4O2S/c1-17-7-6-13-8(9(15)16)4-2-3-5-14-10(11)12/h8,13H,2-7H2,1H3,(H,15,16)(H4,11,12,14)/t8-/m0/s1. The molecule has 0 heterocycles. The Morgan fingerprint density at radius 2 is 2.18 bits per heavy atom. The monoisotopic (exact) mass is 262 g/mol. The van der Waals surface area contributed by atoms with Crippen LogP contribution in [0.2, 0.25) is 0 Å². The SMILES string of the molecule is CSCCN[C@@H](CCCCN=C(N)N)C(=O)O. The van der Waals surface area contributed by atoms with Gasteiger partial charge in [-0.2, -0.15) is 11.8 Å². The van der Waals surface area contributed by atoms with Crippen molar-refractivity contribution in [3.05, 3.63) is 0 Å². The van der Waals surface area contributed by atoms with E-state index in [9.17, 15) is 4.79 Å². The third kappa shape index (κ3) is 9.95. The molecule has 0 saturated heterocycles. The molecule has 0 aliphatic rings. The summed E-state index contributed by atoms with van der Waals surface area (Å²) in [7, 11) is 0. The van der Waals surface area contributed by atoms with E-state index in [1.165, 1.54) is 0 Å². The Labute approximate surface area is 106 Å². The zero-order chi connectivity index (χ0) is 13.1. The first kappa shape index (κ1) is 16.1. The van der Waals surface area contributed by atoms with E-state index in [1.807, 2.05) is 6.26 Å². The van der Waals surface area contributed by atoms with Crippen LogP contribution in [0.3, 0.4) is 0 Å². The van der Waals surface area contributed by atoms with E-state index in [2.05, 4.69) is 10.3 Å². The van der Waals surface area contributed by atoms with Gasteiger partial charge in [0.15, 0.2) is 5.96 Å². The van der Waals surface area contributed by atoms with E-state index in [0.717, 1.165) is 18.6 Å². The second-order valence-electron chi connectivity index (χ2n) is 3.64. The predicted octanol–water partition coefficient (Wildman–Crippen LogP) is -0.164. The van der Waals surface area contributed by atoms with Crippen molar-refractivity contribution >= 4 is 23.7 Å². The van der Waals surface area contributed by atoms with Crippen LogP contribution < -0.4 is 16.8 Å². The summed E-state index contributed by atoms with van der Waals surface area (Å²) in [6, 6.07) is -0.471. The minimum atomic E-state index is -0.798. The summed E-state index contributed by atoms with van der Waals surface area (Å²) in [6.45, 7) is 1.27. The molecule has 0 aromatic rings. The van der Waals surface area contributed by atoms with Gasteiger partial charge in [0.1, 0.15) is 6.04 Å². The molecule has 1 atom stereocenters. The number of carbonyl (C=O) groups is 1. The van der Waals surface area contributed by atoms with E-state index >= 15 is 0 Å². The molecule has 0 spiro atoms. The van der Waals surface area contributed by atoms with Crippen LogP contribution in [0.15, 0.2) is 4.99 Å². The number of carboxylic acid groups (broad SMARTS) is 1. The summed E-state index contributed by atoms with van der Waals surface area (Å²) in [4.78, 5) is 14.8. The smallest absolute Gasteiger partial charge is 0.320 e. The van der Waals surface area contributed by atoms with Gasteiger partial charge in [-0.3, -0.25) is 9.79 Å². The normalized spacial score (nSPS) is 12.1. The molecule has 0 aliphatic carbocycles. The zero-order valence-corrected chi connectivity index (χ0v) is 11.0. The number of rotatable bonds is 10. The van der Waals surface area contributed by atoms with Crippen molar-refractivity contribution in [1.82, 2.24) is 5.32 Å². The Morgan fingerprint density at radius 1 is 1.47 bits per heavy atom. The molecule has 100 valence electrons. The number of carboxylic acids is 1. The molecule has 0 radical (unpaired) electrons. The third-order valence-corrected chi connectivity index (χ3v) is 2.80. The molecule has 6 nitrogen and oxygen atoms in total. The maximum absolute atomic E-state index is 10.9. The van der Waals surface area contributed by atoms with Crippen LogP contribution in [0, 0.1) is 0 Å². The lowest BCUT2D eigenvalue weighted by molar-refractivity contribution is -0.139. The summed E-state index contributed by atoms with van der Waals surface area (Å²) in [6.07, 6.45) is 4.18. The number of nitrogens with zero attached hydrogens (tertiary/aromatic N) is 1. The fourth-order valence-electron chi connectivity index (χ4n) is 1.32. The van der Waals surface area contributed by atoms with Crippen molar-refractivity contribution in [2.45, 2.75) is 25.3 Å².